The summed E-state index contributed by atoms with van der Waals surface area (Å²) in [4.78, 5) is 31.2. The lowest BCUT2D eigenvalue weighted by molar-refractivity contribution is -0.133. The van der Waals surface area contributed by atoms with Crippen LogP contribution < -0.4 is 24.8 Å². The molecule has 2 N–H and O–H groups in total. The Bertz CT molecular complexity index is 1630. The van der Waals surface area contributed by atoms with Gasteiger partial charge in [0.2, 0.25) is 11.8 Å². The number of hydrogen-bond acceptors (Lipinski definition) is 7. The fraction of sp³-hybridized carbons (Fsp3) is 0.258. The van der Waals surface area contributed by atoms with Gasteiger partial charge in [0.15, 0.2) is 23.1 Å². The van der Waals surface area contributed by atoms with Gasteiger partial charge in [-0.25, -0.2) is 8.78 Å². The maximum atomic E-state index is 15.5. The molecule has 1 aliphatic rings. The summed E-state index contributed by atoms with van der Waals surface area (Å²) in [7, 11) is 1.52. The van der Waals surface area contributed by atoms with Crippen LogP contribution in [0, 0.1) is 17.0 Å². The van der Waals surface area contributed by atoms with Gasteiger partial charge in [0, 0.05) is 29.4 Å². The summed E-state index contributed by atoms with van der Waals surface area (Å²) in [5, 5.41) is 0.570. The number of fused-ring (bicyclic) bond motifs is 1. The van der Waals surface area contributed by atoms with Crippen molar-refractivity contribution in [2.45, 2.75) is 25.7 Å². The van der Waals surface area contributed by atoms with Crippen LogP contribution in [-0.4, -0.2) is 36.3 Å². The molecule has 0 saturated heterocycles. The van der Waals surface area contributed by atoms with Crippen LogP contribution in [0.25, 0.3) is 10.9 Å². The van der Waals surface area contributed by atoms with Crippen molar-refractivity contribution in [2.24, 2.45) is 11.1 Å². The van der Waals surface area contributed by atoms with Crippen LogP contribution in [0.5, 0.6) is 23.0 Å². The van der Waals surface area contributed by atoms with Gasteiger partial charge in [0.05, 0.1) is 24.9 Å². The Morgan fingerprint density at radius 3 is 2.33 bits per heavy atom. The van der Waals surface area contributed by atoms with E-state index in [0.29, 0.717) is 34.8 Å². The molecule has 42 heavy (non-hydrogen) atoms. The molecule has 1 aliphatic carbocycles. The number of anilines is 2. The van der Waals surface area contributed by atoms with E-state index in [9.17, 15) is 14.0 Å². The summed E-state index contributed by atoms with van der Waals surface area (Å²) in [6.45, 7) is 0.494. The van der Waals surface area contributed by atoms with E-state index in [4.69, 9.17) is 19.9 Å². The van der Waals surface area contributed by atoms with Crippen molar-refractivity contribution in [1.29, 1.82) is 0 Å². The van der Waals surface area contributed by atoms with Crippen LogP contribution in [0.2, 0.25) is 0 Å². The molecule has 4 aromatic rings. The molecule has 0 aliphatic heterocycles. The third-order valence-corrected chi connectivity index (χ3v) is 7.43. The number of hydrogen-bond donors (Lipinski definition) is 2. The van der Waals surface area contributed by atoms with Crippen molar-refractivity contribution in [1.82, 2.24) is 4.98 Å². The number of nitrogens with two attached hydrogens (primary N) is 1. The largest absolute Gasteiger partial charge is 0.493 e. The smallest absolute Gasteiger partial charge is 0.247 e. The van der Waals surface area contributed by atoms with Gasteiger partial charge < -0.3 is 19.9 Å². The van der Waals surface area contributed by atoms with Crippen molar-refractivity contribution >= 4 is 46.7 Å². The zero-order valence-electron chi connectivity index (χ0n) is 22.8. The van der Waals surface area contributed by atoms with Crippen molar-refractivity contribution in [3.63, 3.8) is 0 Å². The van der Waals surface area contributed by atoms with Crippen LogP contribution in [0.3, 0.4) is 0 Å². The van der Waals surface area contributed by atoms with E-state index in [0.717, 1.165) is 24.7 Å². The predicted octanol–water partition coefficient (Wildman–Crippen LogP) is 6.33. The first-order chi connectivity index (χ1) is 20.3. The molecule has 1 heterocycles. The molecule has 1 aromatic heterocycles. The number of pyridine rings is 1. The van der Waals surface area contributed by atoms with E-state index < -0.39 is 28.9 Å². The number of unbranched alkanes of at least 4 members (excludes halogenated alkanes) is 1. The van der Waals surface area contributed by atoms with Gasteiger partial charge in [0.1, 0.15) is 17.0 Å². The monoisotopic (exact) mass is 593 g/mol. The molecule has 0 spiro atoms. The molecular weight excluding hydrogens is 564 g/mol. The number of rotatable bonds is 12. The SMILES string of the molecule is COc1cc2c(Oc3ccc(N(C(=O)C4(C(N)=O)CC4)c4ccc(F)cc4)cc3F)ccnc2cc1OCCCCS. The topological polar surface area (TPSA) is 104 Å². The first kappa shape index (κ1) is 29.1. The molecule has 218 valence electrons. The fourth-order valence-electron chi connectivity index (χ4n) is 4.59. The Morgan fingerprint density at radius 1 is 0.952 bits per heavy atom. The molecule has 3 aromatic carbocycles. The zero-order valence-corrected chi connectivity index (χ0v) is 23.7. The number of benzene rings is 3. The molecule has 0 bridgehead atoms. The summed E-state index contributed by atoms with van der Waals surface area (Å²) in [6.07, 6.45) is 3.85. The number of ether oxygens (including phenoxy) is 3. The van der Waals surface area contributed by atoms with Crippen LogP contribution in [-0.2, 0) is 9.59 Å². The first-order valence-corrected chi connectivity index (χ1v) is 14.0. The second-order valence-corrected chi connectivity index (χ2v) is 10.3. The quantitative estimate of drug-likeness (QED) is 0.113. The number of nitrogens with zero attached hydrogens (tertiary/aromatic N) is 2. The lowest BCUT2D eigenvalue weighted by Crippen LogP contribution is -2.41. The van der Waals surface area contributed by atoms with Gasteiger partial charge >= 0.3 is 0 Å². The maximum absolute atomic E-state index is 15.5. The van der Waals surface area contributed by atoms with Crippen LogP contribution in [0.1, 0.15) is 25.7 Å². The molecule has 2 amide bonds. The van der Waals surface area contributed by atoms with E-state index in [1.165, 1.54) is 54.6 Å². The Labute approximate surface area is 246 Å². The standard InChI is InChI=1S/C31H29F2N3O5S/c1-39-27-17-22-24(18-28(27)40-14-2-3-15-42)35-13-10-25(22)41-26-9-8-21(16-23(26)33)36(20-6-4-19(32)5-7-20)30(38)31(11-12-31)29(34)37/h4-10,13,16-18,42H,2-3,11-12,14-15H2,1H3,(H2,34,37). The van der Waals surface area contributed by atoms with E-state index in [1.54, 1.807) is 18.2 Å². The number of carbonyl (C=O) groups is 2. The number of thiol groups is 1. The maximum Gasteiger partial charge on any atom is 0.247 e. The summed E-state index contributed by atoms with van der Waals surface area (Å²) in [5.74, 6) is -0.659. The van der Waals surface area contributed by atoms with Crippen molar-refractivity contribution in [3.05, 3.63) is 78.5 Å². The summed E-state index contributed by atoms with van der Waals surface area (Å²) in [5.41, 5.74) is 5.10. The third-order valence-electron chi connectivity index (χ3n) is 7.11. The molecule has 0 atom stereocenters. The number of halogens is 2. The Hall–Kier alpha value is -4.38. The zero-order chi connectivity index (χ0) is 29.9. The summed E-state index contributed by atoms with van der Waals surface area (Å²) < 4.78 is 46.5. The highest BCUT2D eigenvalue weighted by atomic mass is 32.1. The second kappa shape index (κ2) is 12.2. The molecule has 1 fully saturated rings. The van der Waals surface area contributed by atoms with Gasteiger partial charge in [0.25, 0.3) is 0 Å². The van der Waals surface area contributed by atoms with Gasteiger partial charge in [-0.1, -0.05) is 0 Å². The lowest BCUT2D eigenvalue weighted by Gasteiger charge is -2.26. The molecule has 0 unspecified atom stereocenters. The molecule has 11 heteroatoms. The number of aromatic nitrogens is 1. The second-order valence-electron chi connectivity index (χ2n) is 9.89. The van der Waals surface area contributed by atoms with Crippen molar-refractivity contribution in [2.75, 3.05) is 24.4 Å². The highest BCUT2D eigenvalue weighted by Gasteiger charge is 2.57. The van der Waals surface area contributed by atoms with Gasteiger partial charge in [-0.3, -0.25) is 19.5 Å². The van der Waals surface area contributed by atoms with Crippen LogP contribution >= 0.6 is 12.6 Å². The first-order valence-electron chi connectivity index (χ1n) is 13.4. The van der Waals surface area contributed by atoms with Gasteiger partial charge in [-0.2, -0.15) is 12.6 Å². The van der Waals surface area contributed by atoms with Crippen molar-refractivity contribution < 1.29 is 32.6 Å². The number of methoxy groups -OCH3 is 1. The Balaban J connectivity index is 1.46. The highest BCUT2D eigenvalue weighted by Crippen LogP contribution is 2.49. The summed E-state index contributed by atoms with van der Waals surface area (Å²) in [6, 6.07) is 14.1. The molecule has 8 nitrogen and oxygen atoms in total. The van der Waals surface area contributed by atoms with Gasteiger partial charge in [-0.15, -0.1) is 0 Å². The average molecular weight is 594 g/mol. The van der Waals surface area contributed by atoms with Crippen LogP contribution in [0.4, 0.5) is 20.2 Å². The Morgan fingerprint density at radius 2 is 1.69 bits per heavy atom. The molecular formula is C31H29F2N3O5S. The van der Waals surface area contributed by atoms with Crippen molar-refractivity contribution in [3.8, 4) is 23.0 Å². The number of carbonyl (C=O) groups excluding carboxylic acids is 2. The normalized spacial score (nSPS) is 13.4. The molecule has 5 rings (SSSR count). The minimum Gasteiger partial charge on any atom is -0.493 e. The minimum absolute atomic E-state index is 0.111. The fourth-order valence-corrected chi connectivity index (χ4v) is 4.82. The molecule has 1 saturated carbocycles. The van der Waals surface area contributed by atoms with E-state index in [2.05, 4.69) is 17.6 Å². The van der Waals surface area contributed by atoms with E-state index >= 15 is 4.39 Å². The third kappa shape index (κ3) is 5.82. The highest BCUT2D eigenvalue weighted by molar-refractivity contribution is 7.80. The lowest BCUT2D eigenvalue weighted by atomic mass is 10.0. The summed E-state index contributed by atoms with van der Waals surface area (Å²) >= 11 is 4.22. The number of amides is 2. The Kier molecular flexibility index (Phi) is 8.49. The van der Waals surface area contributed by atoms with E-state index in [1.807, 2.05) is 0 Å². The van der Waals surface area contributed by atoms with Crippen LogP contribution in [0.15, 0.2) is 66.9 Å². The average Bonchev–Trinajstić information content (AvgIpc) is 3.80. The predicted molar refractivity (Wildman–Crippen MR) is 158 cm³/mol. The molecule has 0 radical (unpaired) electrons. The van der Waals surface area contributed by atoms with Gasteiger partial charge in [-0.05, 0) is 80.0 Å². The number of primary amides is 1. The minimum atomic E-state index is -1.38. The van der Waals surface area contributed by atoms with E-state index in [-0.39, 0.29) is 30.0 Å².